The lowest BCUT2D eigenvalue weighted by atomic mass is 10.1. The molecule has 0 aliphatic heterocycles. The number of carbonyl (C=O) groups is 1. The highest BCUT2D eigenvalue weighted by atomic mass is 16.1. The molecular formula is C17H22N4O. The standard InChI is InChI=1S/C17H22N4O/c1-4-5-11-18-17(22)14-9-10-15(21-20-14)19-16-12(2)7-6-8-13(16)3/h6-10H,4-5,11H2,1-3H3,(H,18,22)(H,19,21). The highest BCUT2D eigenvalue weighted by Crippen LogP contribution is 2.22. The monoisotopic (exact) mass is 298 g/mol. The molecule has 0 aliphatic rings. The fourth-order valence-electron chi connectivity index (χ4n) is 2.13. The number of nitrogens with one attached hydrogen (secondary N) is 2. The first-order valence-electron chi connectivity index (χ1n) is 7.57. The van der Waals surface area contributed by atoms with Gasteiger partial charge in [-0.25, -0.2) is 0 Å². The first kappa shape index (κ1) is 15.9. The van der Waals surface area contributed by atoms with Crippen LogP contribution in [0.5, 0.6) is 0 Å². The van der Waals surface area contributed by atoms with Crippen LogP contribution in [0, 0.1) is 13.8 Å². The van der Waals surface area contributed by atoms with Crippen molar-refractivity contribution < 1.29 is 4.79 Å². The summed E-state index contributed by atoms with van der Waals surface area (Å²) in [6, 6.07) is 9.56. The summed E-state index contributed by atoms with van der Waals surface area (Å²) < 4.78 is 0. The molecule has 2 N–H and O–H groups in total. The molecule has 0 saturated heterocycles. The van der Waals surface area contributed by atoms with E-state index >= 15 is 0 Å². The second kappa shape index (κ2) is 7.54. The van der Waals surface area contributed by atoms with Crippen molar-refractivity contribution in [3.8, 4) is 0 Å². The van der Waals surface area contributed by atoms with Gasteiger partial charge < -0.3 is 10.6 Å². The number of hydrogen-bond donors (Lipinski definition) is 2. The Balaban J connectivity index is 2.04. The summed E-state index contributed by atoms with van der Waals surface area (Å²) >= 11 is 0. The summed E-state index contributed by atoms with van der Waals surface area (Å²) in [7, 11) is 0. The number of para-hydroxylation sites is 1. The van der Waals surface area contributed by atoms with Gasteiger partial charge in [-0.05, 0) is 43.5 Å². The molecule has 5 heteroatoms. The molecule has 1 aromatic heterocycles. The number of rotatable bonds is 6. The number of hydrogen-bond acceptors (Lipinski definition) is 4. The molecule has 0 saturated carbocycles. The molecule has 1 amide bonds. The minimum absolute atomic E-state index is 0.181. The van der Waals surface area contributed by atoms with Crippen LogP contribution in [0.3, 0.4) is 0 Å². The minimum Gasteiger partial charge on any atom is -0.351 e. The van der Waals surface area contributed by atoms with Gasteiger partial charge >= 0.3 is 0 Å². The Morgan fingerprint density at radius 2 is 1.82 bits per heavy atom. The summed E-state index contributed by atoms with van der Waals surface area (Å²) in [4.78, 5) is 11.9. The van der Waals surface area contributed by atoms with Crippen molar-refractivity contribution in [2.75, 3.05) is 11.9 Å². The molecule has 1 heterocycles. The van der Waals surface area contributed by atoms with E-state index in [1.54, 1.807) is 12.1 Å². The summed E-state index contributed by atoms with van der Waals surface area (Å²) in [5.41, 5.74) is 3.64. The van der Waals surface area contributed by atoms with Gasteiger partial charge in [-0.1, -0.05) is 31.5 Å². The van der Waals surface area contributed by atoms with Crippen molar-refractivity contribution in [1.82, 2.24) is 15.5 Å². The number of nitrogens with zero attached hydrogens (tertiary/aromatic N) is 2. The molecule has 1 aromatic carbocycles. The van der Waals surface area contributed by atoms with E-state index in [1.165, 1.54) is 0 Å². The van der Waals surface area contributed by atoms with E-state index in [0.29, 0.717) is 18.1 Å². The molecule has 0 unspecified atom stereocenters. The van der Waals surface area contributed by atoms with Crippen molar-refractivity contribution in [3.63, 3.8) is 0 Å². The fraction of sp³-hybridized carbons (Fsp3) is 0.353. The van der Waals surface area contributed by atoms with Gasteiger partial charge in [-0.15, -0.1) is 10.2 Å². The third-order valence-corrected chi connectivity index (χ3v) is 3.45. The maximum absolute atomic E-state index is 11.9. The van der Waals surface area contributed by atoms with E-state index in [-0.39, 0.29) is 5.91 Å². The van der Waals surface area contributed by atoms with Crippen molar-refractivity contribution in [2.45, 2.75) is 33.6 Å². The number of benzene rings is 1. The summed E-state index contributed by atoms with van der Waals surface area (Å²) in [6.07, 6.45) is 2.01. The third kappa shape index (κ3) is 4.04. The van der Waals surface area contributed by atoms with E-state index in [0.717, 1.165) is 29.7 Å². The number of anilines is 2. The Labute approximate surface area is 131 Å². The van der Waals surface area contributed by atoms with Crippen LogP contribution in [0.4, 0.5) is 11.5 Å². The number of aromatic nitrogens is 2. The topological polar surface area (TPSA) is 66.9 Å². The highest BCUT2D eigenvalue weighted by molar-refractivity contribution is 5.92. The maximum Gasteiger partial charge on any atom is 0.271 e. The Bertz CT molecular complexity index is 617. The molecule has 0 fully saturated rings. The first-order valence-corrected chi connectivity index (χ1v) is 7.57. The molecule has 0 radical (unpaired) electrons. The minimum atomic E-state index is -0.181. The van der Waals surface area contributed by atoms with Gasteiger partial charge in [-0.3, -0.25) is 4.79 Å². The van der Waals surface area contributed by atoms with Gasteiger partial charge in [0.15, 0.2) is 11.5 Å². The molecule has 116 valence electrons. The smallest absolute Gasteiger partial charge is 0.271 e. The van der Waals surface area contributed by atoms with Crippen molar-refractivity contribution in [2.24, 2.45) is 0 Å². The molecular weight excluding hydrogens is 276 g/mol. The van der Waals surface area contributed by atoms with Crippen LogP contribution in [0.25, 0.3) is 0 Å². The molecule has 0 atom stereocenters. The largest absolute Gasteiger partial charge is 0.351 e. The van der Waals surface area contributed by atoms with Gasteiger partial charge in [0.25, 0.3) is 5.91 Å². The van der Waals surface area contributed by atoms with Crippen LogP contribution in [-0.2, 0) is 0 Å². The van der Waals surface area contributed by atoms with Crippen LogP contribution in [0.15, 0.2) is 30.3 Å². The van der Waals surface area contributed by atoms with Gasteiger partial charge in [0.05, 0.1) is 0 Å². The molecule has 2 aromatic rings. The maximum atomic E-state index is 11.9. The molecule has 22 heavy (non-hydrogen) atoms. The molecule has 5 nitrogen and oxygen atoms in total. The molecule has 0 aliphatic carbocycles. The Morgan fingerprint density at radius 3 is 2.41 bits per heavy atom. The number of aryl methyl sites for hydroxylation is 2. The number of amides is 1. The van der Waals surface area contributed by atoms with Crippen molar-refractivity contribution in [3.05, 3.63) is 47.2 Å². The quantitative estimate of drug-likeness (QED) is 0.802. The average molecular weight is 298 g/mol. The van der Waals surface area contributed by atoms with Crippen LogP contribution in [0.2, 0.25) is 0 Å². The average Bonchev–Trinajstić information content (AvgIpc) is 2.52. The summed E-state index contributed by atoms with van der Waals surface area (Å²) in [6.45, 7) is 6.83. The number of unbranched alkanes of at least 4 members (excludes halogenated alkanes) is 1. The predicted molar refractivity (Wildman–Crippen MR) is 88.5 cm³/mol. The van der Waals surface area contributed by atoms with Gasteiger partial charge in [0, 0.05) is 12.2 Å². The van der Waals surface area contributed by atoms with E-state index in [1.807, 2.05) is 32.0 Å². The van der Waals surface area contributed by atoms with Gasteiger partial charge in [-0.2, -0.15) is 0 Å². The predicted octanol–water partition coefficient (Wildman–Crippen LogP) is 3.37. The van der Waals surface area contributed by atoms with E-state index in [2.05, 4.69) is 27.8 Å². The van der Waals surface area contributed by atoms with Crippen LogP contribution in [-0.4, -0.2) is 22.6 Å². The van der Waals surface area contributed by atoms with Gasteiger partial charge in [0.2, 0.25) is 0 Å². The zero-order chi connectivity index (χ0) is 15.9. The Morgan fingerprint density at radius 1 is 1.09 bits per heavy atom. The van der Waals surface area contributed by atoms with Crippen LogP contribution < -0.4 is 10.6 Å². The molecule has 0 bridgehead atoms. The van der Waals surface area contributed by atoms with Crippen LogP contribution in [0.1, 0.15) is 41.4 Å². The molecule has 0 spiro atoms. The van der Waals surface area contributed by atoms with Crippen molar-refractivity contribution in [1.29, 1.82) is 0 Å². The van der Waals surface area contributed by atoms with Crippen molar-refractivity contribution >= 4 is 17.4 Å². The normalized spacial score (nSPS) is 10.3. The second-order valence-electron chi connectivity index (χ2n) is 5.31. The SMILES string of the molecule is CCCCNC(=O)c1ccc(Nc2c(C)cccc2C)nn1. The Hall–Kier alpha value is -2.43. The van der Waals surface area contributed by atoms with E-state index in [4.69, 9.17) is 0 Å². The third-order valence-electron chi connectivity index (χ3n) is 3.45. The number of carbonyl (C=O) groups excluding carboxylic acids is 1. The summed E-state index contributed by atoms with van der Waals surface area (Å²) in [5.74, 6) is 0.446. The highest BCUT2D eigenvalue weighted by Gasteiger charge is 2.08. The zero-order valence-electron chi connectivity index (χ0n) is 13.3. The van der Waals surface area contributed by atoms with E-state index in [9.17, 15) is 4.79 Å². The first-order chi connectivity index (χ1) is 10.6. The lowest BCUT2D eigenvalue weighted by Crippen LogP contribution is -2.25. The lowest BCUT2D eigenvalue weighted by Gasteiger charge is -2.11. The second-order valence-corrected chi connectivity index (χ2v) is 5.31. The molecule has 2 rings (SSSR count). The van der Waals surface area contributed by atoms with E-state index < -0.39 is 0 Å². The lowest BCUT2D eigenvalue weighted by molar-refractivity contribution is 0.0947. The van der Waals surface area contributed by atoms with Gasteiger partial charge in [0.1, 0.15) is 0 Å². The van der Waals surface area contributed by atoms with Crippen LogP contribution >= 0.6 is 0 Å². The Kier molecular flexibility index (Phi) is 5.47. The fourth-order valence-corrected chi connectivity index (χ4v) is 2.13. The summed E-state index contributed by atoms with van der Waals surface area (Å²) in [5, 5.41) is 14.2. The zero-order valence-corrected chi connectivity index (χ0v) is 13.3.